The number of piperidine rings is 2. The van der Waals surface area contributed by atoms with Gasteiger partial charge < -0.3 is 15.0 Å². The smallest absolute Gasteiger partial charge is 0.231 e. The third-order valence-electron chi connectivity index (χ3n) is 6.52. The Morgan fingerprint density at radius 2 is 2.00 bits per heavy atom. The molecule has 27 heavy (non-hydrogen) atoms. The predicted octanol–water partition coefficient (Wildman–Crippen LogP) is 2.51. The summed E-state index contributed by atoms with van der Waals surface area (Å²) in [7, 11) is 3.72. The van der Waals surface area contributed by atoms with E-state index >= 15 is 0 Å². The first-order valence-electron chi connectivity index (χ1n) is 10.3. The van der Waals surface area contributed by atoms with Gasteiger partial charge in [0.05, 0.1) is 12.0 Å². The number of methoxy groups -OCH3 is 1. The van der Waals surface area contributed by atoms with Crippen LogP contribution in [0.15, 0.2) is 30.3 Å². The molecule has 2 unspecified atom stereocenters. The van der Waals surface area contributed by atoms with Crippen molar-refractivity contribution in [3.05, 3.63) is 35.9 Å². The van der Waals surface area contributed by atoms with E-state index in [0.29, 0.717) is 18.7 Å². The first kappa shape index (κ1) is 20.3. The highest BCUT2D eigenvalue weighted by atomic mass is 16.5. The topological polar surface area (TPSA) is 44.8 Å². The number of ether oxygens (including phenoxy) is 1. The summed E-state index contributed by atoms with van der Waals surface area (Å²) in [6.07, 6.45) is 3.82. The normalized spacial score (nSPS) is 25.9. The third-order valence-corrected chi connectivity index (χ3v) is 6.52. The van der Waals surface area contributed by atoms with Crippen molar-refractivity contribution < 1.29 is 9.53 Å². The SMILES string of the molecule is COCC1(C(=O)N(C)C2CCN(Cc3ccccc3)C(C)C2)CCNCC1. The molecule has 1 amide bonds. The summed E-state index contributed by atoms with van der Waals surface area (Å²) in [4.78, 5) is 18.0. The molecule has 2 aliphatic rings. The van der Waals surface area contributed by atoms with Crippen LogP contribution in [0, 0.1) is 5.41 Å². The van der Waals surface area contributed by atoms with Crippen LogP contribution in [0.4, 0.5) is 0 Å². The van der Waals surface area contributed by atoms with Gasteiger partial charge in [0.1, 0.15) is 0 Å². The molecule has 2 atom stereocenters. The second kappa shape index (κ2) is 9.18. The zero-order valence-corrected chi connectivity index (χ0v) is 17.1. The molecular weight excluding hydrogens is 338 g/mol. The molecule has 1 N–H and O–H groups in total. The van der Waals surface area contributed by atoms with Crippen molar-refractivity contribution in [1.82, 2.24) is 15.1 Å². The number of nitrogens with zero attached hydrogens (tertiary/aromatic N) is 2. The highest BCUT2D eigenvalue weighted by molar-refractivity contribution is 5.83. The first-order chi connectivity index (χ1) is 13.1. The molecule has 2 aliphatic heterocycles. The van der Waals surface area contributed by atoms with Crippen molar-refractivity contribution in [2.75, 3.05) is 40.4 Å². The number of nitrogens with one attached hydrogen (secondary N) is 1. The molecule has 1 aromatic carbocycles. The summed E-state index contributed by atoms with van der Waals surface area (Å²) in [6.45, 7) is 6.65. The van der Waals surface area contributed by atoms with Crippen LogP contribution in [0.2, 0.25) is 0 Å². The van der Waals surface area contributed by atoms with E-state index in [1.54, 1.807) is 7.11 Å². The van der Waals surface area contributed by atoms with E-state index in [-0.39, 0.29) is 11.3 Å². The lowest BCUT2D eigenvalue weighted by Crippen LogP contribution is -2.55. The molecule has 5 nitrogen and oxygen atoms in total. The van der Waals surface area contributed by atoms with Crippen LogP contribution in [0.1, 0.15) is 38.2 Å². The highest BCUT2D eigenvalue weighted by Gasteiger charge is 2.43. The minimum atomic E-state index is -0.348. The summed E-state index contributed by atoms with van der Waals surface area (Å²) in [5.74, 6) is 0.277. The standard InChI is InChI=1S/C22H35N3O2/c1-18-15-20(9-14-25(18)16-19-7-5-4-6-8-19)24(2)21(26)22(17-27-3)10-12-23-13-11-22/h4-8,18,20,23H,9-17H2,1-3H3. The lowest BCUT2D eigenvalue weighted by atomic mass is 9.77. The number of carbonyl (C=O) groups is 1. The fourth-order valence-corrected chi connectivity index (χ4v) is 4.74. The minimum Gasteiger partial charge on any atom is -0.384 e. The molecule has 5 heteroatoms. The number of benzene rings is 1. The Balaban J connectivity index is 1.61. The van der Waals surface area contributed by atoms with Gasteiger partial charge in [0.2, 0.25) is 5.91 Å². The van der Waals surface area contributed by atoms with E-state index < -0.39 is 0 Å². The van der Waals surface area contributed by atoms with Crippen molar-refractivity contribution in [2.45, 2.75) is 51.2 Å². The molecule has 0 aromatic heterocycles. The Kier molecular flexibility index (Phi) is 6.90. The van der Waals surface area contributed by atoms with Crippen LogP contribution >= 0.6 is 0 Å². The summed E-state index contributed by atoms with van der Waals surface area (Å²) < 4.78 is 5.46. The van der Waals surface area contributed by atoms with Crippen LogP contribution in [-0.4, -0.2) is 68.2 Å². The van der Waals surface area contributed by atoms with Gasteiger partial charge in [-0.3, -0.25) is 9.69 Å². The van der Waals surface area contributed by atoms with Crippen LogP contribution in [0.5, 0.6) is 0 Å². The summed E-state index contributed by atoms with van der Waals surface area (Å²) >= 11 is 0. The molecule has 0 aliphatic carbocycles. The van der Waals surface area contributed by atoms with Gasteiger partial charge in [-0.25, -0.2) is 0 Å². The van der Waals surface area contributed by atoms with Crippen molar-refractivity contribution in [3.8, 4) is 0 Å². The molecular formula is C22H35N3O2. The molecule has 0 spiro atoms. The van der Waals surface area contributed by atoms with Crippen molar-refractivity contribution in [3.63, 3.8) is 0 Å². The van der Waals surface area contributed by atoms with E-state index in [4.69, 9.17) is 4.74 Å². The van der Waals surface area contributed by atoms with Gasteiger partial charge in [-0.2, -0.15) is 0 Å². The average Bonchev–Trinajstić information content (AvgIpc) is 2.70. The number of likely N-dealkylation sites (tertiary alicyclic amines) is 1. The van der Waals surface area contributed by atoms with Crippen molar-refractivity contribution in [2.24, 2.45) is 5.41 Å². The number of carbonyl (C=O) groups excluding carboxylic acids is 1. The second-order valence-electron chi connectivity index (χ2n) is 8.36. The zero-order valence-electron chi connectivity index (χ0n) is 17.1. The Morgan fingerprint density at radius 3 is 2.63 bits per heavy atom. The summed E-state index contributed by atoms with van der Waals surface area (Å²) in [5, 5.41) is 3.37. The number of rotatable bonds is 6. The Bertz CT molecular complexity index is 595. The predicted molar refractivity (Wildman–Crippen MR) is 109 cm³/mol. The van der Waals surface area contributed by atoms with Gasteiger partial charge in [0.15, 0.2) is 0 Å². The third kappa shape index (κ3) is 4.71. The van der Waals surface area contributed by atoms with Gasteiger partial charge >= 0.3 is 0 Å². The van der Waals surface area contributed by atoms with E-state index in [0.717, 1.165) is 51.9 Å². The van der Waals surface area contributed by atoms with Crippen LogP contribution in [0.3, 0.4) is 0 Å². The Morgan fingerprint density at radius 1 is 1.30 bits per heavy atom. The molecule has 0 bridgehead atoms. The fraction of sp³-hybridized carbons (Fsp3) is 0.682. The molecule has 2 saturated heterocycles. The van der Waals surface area contributed by atoms with E-state index in [1.165, 1.54) is 5.56 Å². The lowest BCUT2D eigenvalue weighted by molar-refractivity contribution is -0.149. The molecule has 0 saturated carbocycles. The summed E-state index contributed by atoms with van der Waals surface area (Å²) in [5.41, 5.74) is 1.01. The molecule has 1 aromatic rings. The molecule has 0 radical (unpaired) electrons. The highest BCUT2D eigenvalue weighted by Crippen LogP contribution is 2.33. The number of hydrogen-bond acceptors (Lipinski definition) is 4. The second-order valence-corrected chi connectivity index (χ2v) is 8.36. The molecule has 2 heterocycles. The first-order valence-corrected chi connectivity index (χ1v) is 10.3. The maximum Gasteiger partial charge on any atom is 0.231 e. The Labute approximate surface area is 164 Å². The van der Waals surface area contributed by atoms with Crippen LogP contribution in [-0.2, 0) is 16.1 Å². The minimum absolute atomic E-state index is 0.277. The average molecular weight is 374 g/mol. The lowest BCUT2D eigenvalue weighted by Gasteiger charge is -2.45. The maximum absolute atomic E-state index is 13.4. The number of amides is 1. The van der Waals surface area contributed by atoms with Crippen LogP contribution in [0.25, 0.3) is 0 Å². The van der Waals surface area contributed by atoms with Crippen molar-refractivity contribution in [1.29, 1.82) is 0 Å². The number of hydrogen-bond donors (Lipinski definition) is 1. The quantitative estimate of drug-likeness (QED) is 0.832. The monoisotopic (exact) mass is 373 g/mol. The van der Waals surface area contributed by atoms with Crippen molar-refractivity contribution >= 4 is 5.91 Å². The van der Waals surface area contributed by atoms with Gasteiger partial charge in [-0.15, -0.1) is 0 Å². The fourth-order valence-electron chi connectivity index (χ4n) is 4.74. The summed E-state index contributed by atoms with van der Waals surface area (Å²) in [6, 6.07) is 11.5. The largest absolute Gasteiger partial charge is 0.384 e. The maximum atomic E-state index is 13.4. The van der Waals surface area contributed by atoms with Gasteiger partial charge in [0.25, 0.3) is 0 Å². The Hall–Kier alpha value is -1.43. The molecule has 150 valence electrons. The van der Waals surface area contributed by atoms with Gasteiger partial charge in [0, 0.05) is 39.3 Å². The molecule has 2 fully saturated rings. The van der Waals surface area contributed by atoms with Gasteiger partial charge in [-0.05, 0) is 51.3 Å². The van der Waals surface area contributed by atoms with E-state index in [1.807, 2.05) is 11.9 Å². The van der Waals surface area contributed by atoms with E-state index in [2.05, 4.69) is 47.5 Å². The van der Waals surface area contributed by atoms with Crippen LogP contribution < -0.4 is 5.32 Å². The molecule has 3 rings (SSSR count). The van der Waals surface area contributed by atoms with Gasteiger partial charge in [-0.1, -0.05) is 30.3 Å². The zero-order chi connectivity index (χ0) is 19.3. The van der Waals surface area contributed by atoms with E-state index in [9.17, 15) is 4.79 Å².